The number of nitrogens with zero attached hydrogens (tertiary/aromatic N) is 3. The lowest BCUT2D eigenvalue weighted by Crippen LogP contribution is -2.07. The number of hydrogen-bond donors (Lipinski definition) is 0. The summed E-state index contributed by atoms with van der Waals surface area (Å²) in [6.45, 7) is 0.207. The van der Waals surface area contributed by atoms with Gasteiger partial charge in [-0.25, -0.2) is 9.97 Å². The van der Waals surface area contributed by atoms with Crippen molar-refractivity contribution in [1.82, 2.24) is 9.97 Å². The van der Waals surface area contributed by atoms with Crippen molar-refractivity contribution >= 4 is 23.3 Å². The van der Waals surface area contributed by atoms with Crippen molar-refractivity contribution in [1.29, 1.82) is 0 Å². The van der Waals surface area contributed by atoms with E-state index >= 15 is 0 Å². The minimum absolute atomic E-state index is 0.0432. The van der Waals surface area contributed by atoms with E-state index in [4.69, 9.17) is 16.3 Å². The van der Waals surface area contributed by atoms with Crippen LogP contribution in [-0.2, 0) is 16.0 Å². The molecule has 8 nitrogen and oxygen atoms in total. The molecule has 24 heavy (non-hydrogen) atoms. The lowest BCUT2D eigenvalue weighted by Gasteiger charge is -2.07. The molecule has 1 aromatic heterocycles. The molecule has 1 aromatic carbocycles. The molecule has 0 saturated heterocycles. The molecule has 126 valence electrons. The van der Waals surface area contributed by atoms with Crippen molar-refractivity contribution in [3.8, 4) is 5.75 Å². The maximum atomic E-state index is 11.0. The van der Waals surface area contributed by atoms with E-state index in [1.165, 1.54) is 7.11 Å². The van der Waals surface area contributed by atoms with E-state index < -0.39 is 4.92 Å². The molecular weight excluding hydrogens is 338 g/mol. The third kappa shape index (κ3) is 4.88. The average molecular weight is 352 g/mol. The first kappa shape index (κ1) is 17.6. The summed E-state index contributed by atoms with van der Waals surface area (Å²) in [5.74, 6) is 0.234. The largest absolute Gasteiger partial charge is 0.493 e. The molecule has 1 heterocycles. The zero-order valence-corrected chi connectivity index (χ0v) is 13.5. The van der Waals surface area contributed by atoms with E-state index in [2.05, 4.69) is 14.7 Å². The molecule has 2 rings (SSSR count). The molecule has 0 amide bonds. The quantitative estimate of drug-likeness (QED) is 0.326. The fraction of sp³-hybridized carbons (Fsp3) is 0.267. The number of aromatic nitrogens is 2. The highest BCUT2D eigenvalue weighted by Crippen LogP contribution is 2.21. The molecule has 2 aromatic rings. The van der Waals surface area contributed by atoms with Crippen molar-refractivity contribution in [2.24, 2.45) is 0 Å². The minimum Gasteiger partial charge on any atom is -0.493 e. The van der Waals surface area contributed by atoms with Crippen LogP contribution in [0.2, 0.25) is 5.28 Å². The topological polar surface area (TPSA) is 104 Å². The number of carbonyl (C=O) groups excluding carboxylic acids is 1. The summed E-state index contributed by atoms with van der Waals surface area (Å²) in [7, 11) is 1.32. The smallest absolute Gasteiger partial charge is 0.309 e. The molecule has 0 unspecified atom stereocenters. The number of halogens is 1. The van der Waals surface area contributed by atoms with Crippen LogP contribution in [-0.4, -0.2) is 34.6 Å². The van der Waals surface area contributed by atoms with E-state index in [1.54, 1.807) is 24.3 Å². The van der Waals surface area contributed by atoms with E-state index in [0.29, 0.717) is 5.75 Å². The maximum absolute atomic E-state index is 11.0. The van der Waals surface area contributed by atoms with Crippen LogP contribution in [0.4, 0.5) is 5.69 Å². The molecule has 0 aliphatic heterocycles. The van der Waals surface area contributed by atoms with E-state index in [9.17, 15) is 14.9 Å². The second-order valence-electron chi connectivity index (χ2n) is 4.72. The highest BCUT2D eigenvalue weighted by Gasteiger charge is 2.17. The Bertz CT molecular complexity index is 736. The molecule has 0 atom stereocenters. The van der Waals surface area contributed by atoms with Gasteiger partial charge in [-0.3, -0.25) is 14.9 Å². The molecular formula is C15H14ClN3O5. The third-order valence-corrected chi connectivity index (χ3v) is 3.29. The summed E-state index contributed by atoms with van der Waals surface area (Å²) in [5.41, 5.74) is 0.852. The van der Waals surface area contributed by atoms with Gasteiger partial charge in [0, 0.05) is 6.42 Å². The summed E-state index contributed by atoms with van der Waals surface area (Å²) in [4.78, 5) is 29.0. The fourth-order valence-corrected chi connectivity index (χ4v) is 2.07. The van der Waals surface area contributed by atoms with Gasteiger partial charge in [0.1, 0.15) is 17.6 Å². The van der Waals surface area contributed by atoms with Crippen LogP contribution < -0.4 is 4.74 Å². The van der Waals surface area contributed by atoms with Crippen LogP contribution in [0.1, 0.15) is 17.7 Å². The molecule has 9 heteroatoms. The van der Waals surface area contributed by atoms with Crippen molar-refractivity contribution < 1.29 is 19.2 Å². The molecule has 0 aliphatic rings. The first-order valence-corrected chi connectivity index (χ1v) is 7.31. The molecule has 0 fully saturated rings. The predicted octanol–water partition coefficient (Wildman–Crippen LogP) is 2.57. The number of hydrogen-bond acceptors (Lipinski definition) is 7. The summed E-state index contributed by atoms with van der Waals surface area (Å²) in [6, 6.07) is 6.93. The van der Waals surface area contributed by atoms with E-state index in [-0.39, 0.29) is 42.1 Å². The van der Waals surface area contributed by atoms with E-state index in [1.807, 2.05) is 0 Å². The lowest BCUT2D eigenvalue weighted by atomic mass is 10.1. The number of esters is 1. The Labute approximate surface area is 142 Å². The number of rotatable bonds is 7. The average Bonchev–Trinajstić information content (AvgIpc) is 2.56. The van der Waals surface area contributed by atoms with Crippen LogP contribution in [0.5, 0.6) is 5.75 Å². The van der Waals surface area contributed by atoms with Crippen molar-refractivity contribution in [2.45, 2.75) is 12.8 Å². The van der Waals surface area contributed by atoms with Crippen LogP contribution in [0.15, 0.2) is 30.5 Å². The minimum atomic E-state index is -0.546. The maximum Gasteiger partial charge on any atom is 0.309 e. The van der Waals surface area contributed by atoms with Gasteiger partial charge in [-0.2, -0.15) is 0 Å². The third-order valence-electron chi connectivity index (χ3n) is 3.11. The SMILES string of the molecule is COC(=O)CCOc1ccc(Cc2nc(Cl)ncc2[N+](=O)[O-])cc1. The normalized spacial score (nSPS) is 10.2. The summed E-state index contributed by atoms with van der Waals surface area (Å²) < 4.78 is 9.93. The summed E-state index contributed by atoms with van der Waals surface area (Å²) >= 11 is 5.71. The summed E-state index contributed by atoms with van der Waals surface area (Å²) in [6.07, 6.45) is 1.49. The second-order valence-corrected chi connectivity index (χ2v) is 5.06. The van der Waals surface area contributed by atoms with Crippen molar-refractivity contribution in [3.05, 3.63) is 57.1 Å². The standard InChI is InChI=1S/C15H14ClN3O5/c1-23-14(20)6-7-24-11-4-2-10(3-5-11)8-12-13(19(21)22)9-17-15(16)18-12/h2-5,9H,6-8H2,1H3. The van der Waals surface area contributed by atoms with Crippen LogP contribution >= 0.6 is 11.6 Å². The van der Waals surface area contributed by atoms with Crippen LogP contribution in [0.25, 0.3) is 0 Å². The fourth-order valence-electron chi connectivity index (χ4n) is 1.92. The molecule has 0 bridgehead atoms. The van der Waals surface area contributed by atoms with Gasteiger partial charge in [-0.05, 0) is 29.3 Å². The Morgan fingerprint density at radius 3 is 2.67 bits per heavy atom. The van der Waals surface area contributed by atoms with Gasteiger partial charge in [-0.1, -0.05) is 12.1 Å². The highest BCUT2D eigenvalue weighted by atomic mass is 35.5. The van der Waals surface area contributed by atoms with E-state index in [0.717, 1.165) is 11.8 Å². The van der Waals surface area contributed by atoms with Crippen LogP contribution in [0.3, 0.4) is 0 Å². The first-order chi connectivity index (χ1) is 11.5. The number of benzene rings is 1. The number of nitro groups is 1. The monoisotopic (exact) mass is 351 g/mol. The van der Waals surface area contributed by atoms with Gasteiger partial charge in [0.05, 0.1) is 25.1 Å². The zero-order valence-electron chi connectivity index (χ0n) is 12.8. The molecule has 0 N–H and O–H groups in total. The Morgan fingerprint density at radius 1 is 1.33 bits per heavy atom. The number of methoxy groups -OCH3 is 1. The predicted molar refractivity (Wildman–Crippen MR) is 85.1 cm³/mol. The highest BCUT2D eigenvalue weighted by molar-refractivity contribution is 6.28. The van der Waals surface area contributed by atoms with Gasteiger partial charge < -0.3 is 9.47 Å². The summed E-state index contributed by atoms with van der Waals surface area (Å²) in [5, 5.41) is 11.0. The lowest BCUT2D eigenvalue weighted by molar-refractivity contribution is -0.386. The van der Waals surface area contributed by atoms with Crippen molar-refractivity contribution in [3.63, 3.8) is 0 Å². The molecule has 0 saturated carbocycles. The number of carbonyl (C=O) groups is 1. The van der Waals surface area contributed by atoms with Gasteiger partial charge in [0.15, 0.2) is 0 Å². The first-order valence-electron chi connectivity index (χ1n) is 6.94. The Kier molecular flexibility index (Phi) is 6.02. The molecule has 0 aliphatic carbocycles. The molecule has 0 spiro atoms. The van der Waals surface area contributed by atoms with Gasteiger partial charge >= 0.3 is 11.7 Å². The Morgan fingerprint density at radius 2 is 2.04 bits per heavy atom. The molecule has 0 radical (unpaired) electrons. The Hall–Kier alpha value is -2.74. The second kappa shape index (κ2) is 8.21. The number of ether oxygens (including phenoxy) is 2. The van der Waals surface area contributed by atoms with Gasteiger partial charge in [0.2, 0.25) is 5.28 Å². The Balaban J connectivity index is 2.03. The van der Waals surface area contributed by atoms with Crippen LogP contribution in [0, 0.1) is 10.1 Å². The zero-order chi connectivity index (χ0) is 17.5. The van der Waals surface area contributed by atoms with Crippen molar-refractivity contribution in [2.75, 3.05) is 13.7 Å². The van der Waals surface area contributed by atoms with Gasteiger partial charge in [0.25, 0.3) is 0 Å². The van der Waals surface area contributed by atoms with Gasteiger partial charge in [-0.15, -0.1) is 0 Å².